The van der Waals surface area contributed by atoms with Gasteiger partial charge in [0.2, 0.25) is 0 Å². The van der Waals surface area contributed by atoms with Crippen molar-refractivity contribution in [2.45, 2.75) is 223 Å². The van der Waals surface area contributed by atoms with Crippen molar-refractivity contribution < 1.29 is 112 Å². The predicted octanol–water partition coefficient (Wildman–Crippen LogP) is 6.55. The fraction of sp³-hybridized carbons (Fsp3) is 0.583. The summed E-state index contributed by atoms with van der Waals surface area (Å²) in [4.78, 5) is 26.1. The molecule has 36 heteroatoms. The summed E-state index contributed by atoms with van der Waals surface area (Å²) in [6, 6.07) is -0.601. The summed E-state index contributed by atoms with van der Waals surface area (Å²) >= 11 is 3.35. The molecule has 6 aliphatic rings. The van der Waals surface area contributed by atoms with Gasteiger partial charge >= 0.3 is 0 Å². The fourth-order valence-corrected chi connectivity index (χ4v) is 12.9. The number of aryl methyl sites for hydroxylation is 3. The third-order valence-corrected chi connectivity index (χ3v) is 19.8. The Balaban J connectivity index is 0.000000173. The van der Waals surface area contributed by atoms with Crippen LogP contribution in [0.2, 0.25) is 0 Å². The van der Waals surface area contributed by atoms with Gasteiger partial charge in [-0.25, -0.2) is 57.1 Å². The molecule has 6 aromatic heterocycles. The Labute approximate surface area is 672 Å². The van der Waals surface area contributed by atoms with E-state index in [0.717, 1.165) is 35.3 Å². The molecule has 9 aromatic rings. The van der Waals surface area contributed by atoms with E-state index in [1.165, 1.54) is 30.3 Å². The van der Waals surface area contributed by atoms with E-state index in [9.17, 15) is 59.1 Å². The molecular weight excluding hydrogens is 1460 g/mol. The quantitative estimate of drug-likeness (QED) is 0.0168. The number of aliphatic hydroxyl groups excluding tert-OH is 2. The molecule has 30 nitrogen and oxygen atoms in total. The summed E-state index contributed by atoms with van der Waals surface area (Å²) in [6.45, 7) is -0.596. The monoisotopic (exact) mass is 1580 g/mol. The molecule has 6 heterocycles. The zero-order valence-electron chi connectivity index (χ0n) is 86.0. The highest BCUT2D eigenvalue weighted by atomic mass is 32.2. The fourth-order valence-electron chi connectivity index (χ4n) is 10.9. The second-order valence-corrected chi connectivity index (χ2v) is 27.6. The number of benzene rings is 3. The van der Waals surface area contributed by atoms with Gasteiger partial charge in [-0.2, -0.15) is 0 Å². The minimum Gasteiger partial charge on any atom is -0.394 e. The molecule has 0 bridgehead atoms. The van der Waals surface area contributed by atoms with Gasteiger partial charge in [-0.05, 0) is 111 Å². The Hall–Kier alpha value is -7.14. The number of nitrogens with zero attached hydrogens (tertiary/aromatic N) is 15. The highest BCUT2D eigenvalue weighted by Gasteiger charge is 2.49. The summed E-state index contributed by atoms with van der Waals surface area (Å²) in [5.41, 5.74) is 0.0157. The topological polar surface area (TPSA) is 415 Å². The number of nitrogens with one attached hydrogen (secondary N) is 3. The number of thioether (sulfide) groups is 3. The number of rotatable bonds is 30. The van der Waals surface area contributed by atoms with Gasteiger partial charge in [-0.3, -0.25) is 0 Å². The summed E-state index contributed by atoms with van der Waals surface area (Å²) in [7, 11) is 0. The van der Waals surface area contributed by atoms with Crippen molar-refractivity contribution in [2.75, 3.05) is 72.8 Å². The van der Waals surface area contributed by atoms with Crippen molar-refractivity contribution in [1.82, 2.24) is 74.9 Å². The molecule has 15 rings (SSSR count). The molecule has 582 valence electrons. The minimum atomic E-state index is -4.08. The van der Waals surface area contributed by atoms with E-state index in [4.69, 9.17) is 52.6 Å². The van der Waals surface area contributed by atoms with Crippen molar-refractivity contribution in [3.05, 3.63) is 105 Å². The smallest absolute Gasteiger partial charge is 0.191 e. The van der Waals surface area contributed by atoms with E-state index in [2.05, 4.69) is 76.8 Å². The largest absolute Gasteiger partial charge is 0.394 e. The molecule has 12 N–H and O–H groups in total. The second kappa shape index (κ2) is 35.1. The molecule has 3 aromatic carbocycles. The van der Waals surface area contributed by atoms with E-state index in [-0.39, 0.29) is 54.2 Å². The standard InChI is InChI=1S/3C24H31FN6O4S/c3*1-3-8-36-24-27-22(26-16-10-14(16)13-5-4-12(2)15(25)9-13)19-23(28-24)31(30-29-19)17-11-18(35-7-6-32)21(34)20(17)33/h3*4-5,9,14,16-18,20-21,32-34H,3,6-8,10-11H2,1-2H3,(H,26,27,28)/t3*14-,16+,17+,18-,20-,21+/m000/s1/i7D2,10D2,11D2,17D,18D,20D,21D;6D2,10D2,11D2,17D,18D,20D,21D;10D2,11D2,17D,18D,20D,21D. The number of hydrogen-bond acceptors (Lipinski definition) is 30. The van der Waals surface area contributed by atoms with Crippen LogP contribution in [0, 0.1) is 38.2 Å². The maximum Gasteiger partial charge on any atom is 0.191 e. The zero-order chi connectivity index (χ0) is 102. The summed E-state index contributed by atoms with van der Waals surface area (Å²) in [5, 5.41) is 126. The van der Waals surface area contributed by atoms with E-state index < -0.39 is 221 Å². The molecule has 0 aliphatic heterocycles. The van der Waals surface area contributed by atoms with E-state index in [1.807, 2.05) is 20.8 Å². The Morgan fingerprint density at radius 1 is 0.463 bits per heavy atom. The van der Waals surface area contributed by atoms with Gasteiger partial charge < -0.3 is 76.1 Å². The molecule has 18 atom stereocenters. The lowest BCUT2D eigenvalue weighted by molar-refractivity contribution is -0.0629. The van der Waals surface area contributed by atoms with Gasteiger partial charge in [0.25, 0.3) is 0 Å². The number of fused-ring (bicyclic) bond motifs is 3. The van der Waals surface area contributed by atoms with Crippen LogP contribution in [0.1, 0.15) is 186 Å². The lowest BCUT2D eigenvalue weighted by atomic mass is 10.1. The third-order valence-electron chi connectivity index (χ3n) is 16.6. The van der Waals surface area contributed by atoms with E-state index in [0.29, 0.717) is 79.3 Å². The second-order valence-electron chi connectivity index (χ2n) is 24.4. The number of aromatic nitrogens is 15. The maximum atomic E-state index is 14.3. The number of ether oxygens (including phenoxy) is 3. The Bertz CT molecular complexity index is 6100. The SMILES string of the molecule is [2H]C([2H])(CO)O[C@@]1([2H])C([2H])([2H])[C@@]([2H])(n2nnc3c(N[C@H]4[C@H](c5ccc(C)c(F)c5)C4([2H])[2H])nc(SCCC)nc32)[C@]([2H])(O)[C@]1([2H])O.[2H]C([2H])(O)CO[C@@]1([2H])C([2H])([2H])[C@@]([2H])(n2nnc3c(N[C@H]4[C@H](c5ccc(C)c(F)c5)C4([2H])[2H])nc(SCCC)nc32)[C@]([2H])(O)[C@]1([2H])O.[2H]C1([2H])[C@@H](Nc2nc(SCCC)nc3c2nnn3[C@]2([2H])C([2H])([2H])[C@]([2H])(OCCO)[C@@]([2H])(O)[C@@]2([2H])O)[C@@H]1c1ccc(C)c(F)c1. The van der Waals surface area contributed by atoms with Crippen molar-refractivity contribution in [2.24, 2.45) is 0 Å². The normalized spacial score (nSPS) is 42.6. The van der Waals surface area contributed by atoms with Crippen LogP contribution in [0.5, 0.6) is 0 Å². The number of halogens is 3. The lowest BCUT2D eigenvalue weighted by Gasteiger charge is -2.17. The first-order chi connectivity index (χ1) is 62.4. The first kappa shape index (κ1) is 50.7. The van der Waals surface area contributed by atoms with Crippen molar-refractivity contribution in [3.8, 4) is 0 Å². The maximum absolute atomic E-state index is 14.3. The lowest BCUT2D eigenvalue weighted by Crippen LogP contribution is -2.33. The molecule has 0 amide bonds. The van der Waals surface area contributed by atoms with Crippen LogP contribution in [0.15, 0.2) is 70.1 Å². The number of anilines is 3. The summed E-state index contributed by atoms with van der Waals surface area (Å²) < 4.78 is 295. The molecular formula is C72H93F3N18O12S3. The van der Waals surface area contributed by atoms with Crippen LogP contribution >= 0.6 is 35.3 Å². The molecule has 6 aliphatic carbocycles. The van der Waals surface area contributed by atoms with Crippen LogP contribution in [-0.4, -0.2) is 250 Å². The van der Waals surface area contributed by atoms with Gasteiger partial charge in [0.1, 0.15) is 53.9 Å². The molecule has 0 radical (unpaired) electrons. The van der Waals surface area contributed by atoms with Gasteiger partial charge in [-0.15, -0.1) is 15.3 Å². The van der Waals surface area contributed by atoms with Crippen LogP contribution < -0.4 is 16.0 Å². The average molecular weight is 1580 g/mol. The van der Waals surface area contributed by atoms with Gasteiger partial charge in [-0.1, -0.05) is 108 Å². The molecule has 0 saturated heterocycles. The van der Waals surface area contributed by atoms with Gasteiger partial charge in [0.15, 0.2) is 66.4 Å². The third kappa shape index (κ3) is 17.5. The highest BCUT2D eigenvalue weighted by molar-refractivity contribution is 7.99. The summed E-state index contributed by atoms with van der Waals surface area (Å²) in [5.74, 6) is -2.92. The molecule has 0 unspecified atom stereocenters. The van der Waals surface area contributed by atoms with Crippen molar-refractivity contribution in [1.29, 1.82) is 0 Å². The van der Waals surface area contributed by atoms with Crippen LogP contribution in [0.3, 0.4) is 0 Å². The minimum absolute atomic E-state index is 0.00165. The van der Waals surface area contributed by atoms with Crippen LogP contribution in [-0.2, 0) is 14.2 Å². The van der Waals surface area contributed by atoms with E-state index >= 15 is 0 Å². The molecule has 108 heavy (non-hydrogen) atoms. The first-order valence-electron chi connectivity index (χ1n) is 47.5. The predicted molar refractivity (Wildman–Crippen MR) is 398 cm³/mol. The zero-order valence-corrected chi connectivity index (χ0v) is 60.5. The first-order valence-corrected chi connectivity index (χ1v) is 36.5. The number of hydrogen-bond donors (Lipinski definition) is 12. The van der Waals surface area contributed by atoms with Crippen LogP contribution in [0.25, 0.3) is 33.5 Å². The Kier molecular flexibility index (Phi) is 16.5. The van der Waals surface area contributed by atoms with Gasteiger partial charge in [0, 0.05) is 88.7 Å². The highest BCUT2D eigenvalue weighted by Crippen LogP contribution is 2.48. The Morgan fingerprint density at radius 2 is 0.787 bits per heavy atom. The van der Waals surface area contributed by atoms with Crippen LogP contribution in [0.4, 0.5) is 30.6 Å². The van der Waals surface area contributed by atoms with E-state index in [1.54, 1.807) is 45.0 Å². The molecule has 6 fully saturated rings. The summed E-state index contributed by atoms with van der Waals surface area (Å²) in [6.07, 6.45) is -49.7. The molecule has 6 saturated carbocycles. The Morgan fingerprint density at radius 3 is 1.08 bits per heavy atom. The van der Waals surface area contributed by atoms with Crippen molar-refractivity contribution >= 4 is 86.2 Å². The van der Waals surface area contributed by atoms with Gasteiger partial charge in [0.05, 0.1) is 97.8 Å². The average Bonchev–Trinajstić information content (AvgIpc) is 1.49. The molecule has 0 spiro atoms. The van der Waals surface area contributed by atoms with Crippen molar-refractivity contribution in [3.63, 3.8) is 0 Å². The number of aliphatic hydroxyl groups is 9.